The summed E-state index contributed by atoms with van der Waals surface area (Å²) >= 11 is 8.96. The van der Waals surface area contributed by atoms with Crippen LogP contribution in [0.5, 0.6) is 0 Å². The van der Waals surface area contributed by atoms with Crippen molar-refractivity contribution in [2.24, 2.45) is 5.92 Å². The van der Waals surface area contributed by atoms with Crippen LogP contribution in [-0.2, 0) is 0 Å². The molecule has 8 N–H and O–H groups in total. The largest absolute Gasteiger partial charge is 0.393 e. The number of rotatable bonds is 15. The highest BCUT2D eigenvalue weighted by Crippen LogP contribution is 2.44. The van der Waals surface area contributed by atoms with Crippen molar-refractivity contribution in [3.05, 3.63) is 238 Å². The van der Waals surface area contributed by atoms with E-state index in [9.17, 15) is 20.4 Å². The van der Waals surface area contributed by atoms with Crippen LogP contribution in [0.1, 0.15) is 198 Å². The van der Waals surface area contributed by atoms with E-state index in [4.69, 9.17) is 25.5 Å². The van der Waals surface area contributed by atoms with E-state index in [1.54, 1.807) is 45.3 Å². The summed E-state index contributed by atoms with van der Waals surface area (Å²) in [6.45, 7) is 26.0. The predicted molar refractivity (Wildman–Crippen MR) is 588 cm³/mol. The molecule has 0 saturated heterocycles. The third-order valence-corrected chi connectivity index (χ3v) is 35.8. The molecule has 0 bridgehead atoms. The van der Waals surface area contributed by atoms with E-state index in [-0.39, 0.29) is 24.4 Å². The van der Waals surface area contributed by atoms with E-state index in [0.717, 1.165) is 194 Å². The summed E-state index contributed by atoms with van der Waals surface area (Å²) in [6.07, 6.45) is 29.0. The first-order chi connectivity index (χ1) is 68.6. The van der Waals surface area contributed by atoms with E-state index in [0.29, 0.717) is 24.2 Å². The Kier molecular flexibility index (Phi) is 27.4. The Morgan fingerprint density at radius 3 is 1.10 bits per heavy atom. The van der Waals surface area contributed by atoms with Crippen LogP contribution in [0.4, 0.5) is 29.1 Å². The highest BCUT2D eigenvalue weighted by atomic mass is 32.1. The Labute approximate surface area is 847 Å². The predicted octanol–water partition coefficient (Wildman–Crippen LogP) is 26.4. The second-order valence-corrected chi connectivity index (χ2v) is 46.3. The summed E-state index contributed by atoms with van der Waals surface area (Å²) in [5.74, 6) is 5.30. The van der Waals surface area contributed by atoms with Gasteiger partial charge in [0.15, 0.2) is 28.2 Å². The van der Waals surface area contributed by atoms with Gasteiger partial charge in [-0.25, -0.2) is 47.5 Å². The number of nitrogens with zero attached hydrogens (tertiary/aromatic N) is 16. The number of imidazole rings is 5. The number of fused-ring (bicyclic) bond motifs is 10. The van der Waals surface area contributed by atoms with Gasteiger partial charge < -0.3 is 46.6 Å². The number of aryl methyl sites for hydroxylation is 9. The summed E-state index contributed by atoms with van der Waals surface area (Å²) in [7, 11) is 2.19. The molecule has 732 valence electrons. The molecular formula is C113H126N20O4S5. The van der Waals surface area contributed by atoms with Crippen LogP contribution in [0.25, 0.3) is 132 Å². The molecule has 0 radical (unpaired) electrons. The van der Waals surface area contributed by atoms with Gasteiger partial charge in [-0.15, -0.1) is 82.2 Å². The first-order valence-electron chi connectivity index (χ1n) is 50.4. The van der Waals surface area contributed by atoms with Gasteiger partial charge in [0.05, 0.1) is 79.3 Å². The zero-order valence-electron chi connectivity index (χ0n) is 83.1. The molecular weight excluding hydrogens is 1860 g/mol. The van der Waals surface area contributed by atoms with Crippen molar-refractivity contribution in [3.8, 4) is 52.9 Å². The molecule has 5 fully saturated rings. The average Bonchev–Trinajstić information content (AvgIpc) is 1.63. The zero-order chi connectivity index (χ0) is 98.0. The fourth-order valence-corrected chi connectivity index (χ4v) is 26.5. The third kappa shape index (κ3) is 20.7. The van der Waals surface area contributed by atoms with Crippen molar-refractivity contribution in [2.45, 2.75) is 266 Å². The number of aliphatic hydroxyl groups excluding tert-OH is 3. The van der Waals surface area contributed by atoms with Gasteiger partial charge in [-0.05, 0) is 414 Å². The Morgan fingerprint density at radius 1 is 0.331 bits per heavy atom. The zero-order valence-corrected chi connectivity index (χ0v) is 87.2. The number of aliphatic hydroxyl groups is 4. The van der Waals surface area contributed by atoms with Gasteiger partial charge in [-0.2, -0.15) is 0 Å². The molecule has 29 heteroatoms. The number of hydrogen-bond acceptors (Lipinski definition) is 24. The number of aromatic nitrogens is 15. The number of nitrogens with one attached hydrogen (secondary N) is 4. The SMILES string of the molecule is Cc1cc2cc(-c3cnc4ccc(N(C)C5CCC(C)CC5)nn34)sc2cc1C.Cc1cc2cc(-c3cnc4ccc(NC5CCC(C)(O)CC5)nn34)sc2cc1C.Cc1cc2cc(-c3cnc4ccc(NC5CCCC(O)C5)nn34)sc2cc1C.Cc1cc2sc(-c3cnc4ccc(NC5CCC(O)CC5)nn34)cc2c(C)c1C.Cc1ccc2cc(-c3cnc4ccc(NC5CCC(O)CC5)nn34)sc2c1. The molecule has 0 amide bonds. The Balaban J connectivity index is 0.000000105. The minimum atomic E-state index is -0.523. The molecule has 15 aromatic heterocycles. The van der Waals surface area contributed by atoms with Crippen molar-refractivity contribution in [1.82, 2.24) is 73.0 Å². The molecule has 2 unspecified atom stereocenters. The molecule has 2 atom stereocenters. The average molecular weight is 1990 g/mol. The highest BCUT2D eigenvalue weighted by Gasteiger charge is 2.31. The van der Waals surface area contributed by atoms with Crippen LogP contribution in [-0.4, -0.2) is 155 Å². The van der Waals surface area contributed by atoms with E-state index >= 15 is 0 Å². The molecule has 15 heterocycles. The molecule has 24 nitrogen and oxygen atoms in total. The smallest absolute Gasteiger partial charge is 0.154 e. The van der Waals surface area contributed by atoms with Gasteiger partial charge in [0.2, 0.25) is 0 Å². The topological polar surface area (TPSA) is 283 Å². The van der Waals surface area contributed by atoms with Gasteiger partial charge in [0, 0.05) is 60.8 Å². The number of anilines is 5. The van der Waals surface area contributed by atoms with Crippen molar-refractivity contribution < 1.29 is 20.4 Å². The normalized spacial score (nSPS) is 20.5. The summed E-state index contributed by atoms with van der Waals surface area (Å²) in [5, 5.41) is 84.3. The van der Waals surface area contributed by atoms with E-state index < -0.39 is 5.60 Å². The van der Waals surface area contributed by atoms with Crippen LogP contribution < -0.4 is 26.2 Å². The monoisotopic (exact) mass is 1990 g/mol. The van der Waals surface area contributed by atoms with E-state index in [2.05, 4.69) is 237 Å². The van der Waals surface area contributed by atoms with Crippen LogP contribution in [0, 0.1) is 75.2 Å². The van der Waals surface area contributed by atoms with E-state index in [1.807, 2.05) is 120 Å². The van der Waals surface area contributed by atoms with Crippen LogP contribution in [0.3, 0.4) is 0 Å². The standard InChI is InChI=1S/C24H28N4S.2C23H26N4OS.C22H24N4OS.C21H22N4OS/c1-15-5-7-19(8-6-15)27(4)24-10-9-23-25-14-20(28(23)26-24)22-13-18-11-16(2)17(3)12-21(18)29-22;1-13-10-20-18(15(3)14(13)2)11-21(29-20)19-12-24-23-9-8-22(26-27(19)23)25-16-4-6-17(28)7-5-16;1-14-10-16-12-20(29-19(16)11-15(14)2)18-13-24-22-5-4-21(26-27(18)22)25-17-6-8-23(3,28)9-7-17;1-13-8-15-10-20(28-19(15)9-14(13)2)18-12-23-22-7-6-21(25-26(18)22)24-16-4-3-5-17(27)11-16;1-13-2-3-14-11-19(27-18(14)10-13)17-12-22-21-9-8-20(24-25(17)21)23-15-4-6-16(26)7-5-15/h9-15,19H,5-8H2,1-4H3;8-12,16-17,28H,4-7H2,1-3H3,(H,25,26);4-5,10-13,17,28H,6-9H2,1-3H3,(H,25,26);6-10,12,16-17,27H,3-5,11H2,1-2H3,(H,24,25);2-3,8-12,15-16,26H,4-7H2,1H3,(H,23,24). The molecule has 5 aromatic carbocycles. The maximum Gasteiger partial charge on any atom is 0.154 e. The van der Waals surface area contributed by atoms with E-state index in [1.165, 1.54) is 156 Å². The Bertz CT molecular complexity index is 7890. The van der Waals surface area contributed by atoms with Crippen molar-refractivity contribution in [3.63, 3.8) is 0 Å². The quantitative estimate of drug-likeness (QED) is 0.0473. The fraction of sp³-hybridized carbons (Fsp3) is 0.381. The number of thiophene rings is 5. The summed E-state index contributed by atoms with van der Waals surface area (Å²) in [6, 6.07) is 55.8. The van der Waals surface area contributed by atoms with Crippen LogP contribution in [0.15, 0.2) is 183 Å². The van der Waals surface area contributed by atoms with Crippen molar-refractivity contribution >= 4 is 164 Å². The molecule has 5 aliphatic carbocycles. The molecule has 0 spiro atoms. The van der Waals surface area contributed by atoms with Crippen LogP contribution >= 0.6 is 56.7 Å². The molecule has 20 aromatic rings. The van der Waals surface area contributed by atoms with Gasteiger partial charge >= 0.3 is 0 Å². The molecule has 0 aliphatic heterocycles. The lowest BCUT2D eigenvalue weighted by molar-refractivity contribution is 0.0196. The molecule has 5 saturated carbocycles. The van der Waals surface area contributed by atoms with Gasteiger partial charge in [0.25, 0.3) is 0 Å². The first kappa shape index (κ1) is 96.0. The van der Waals surface area contributed by atoms with Gasteiger partial charge in [-0.3, -0.25) is 0 Å². The van der Waals surface area contributed by atoms with Crippen molar-refractivity contribution in [1.29, 1.82) is 0 Å². The lowest BCUT2D eigenvalue weighted by atomic mass is 9.84. The lowest BCUT2D eigenvalue weighted by Gasteiger charge is -2.34. The Hall–Kier alpha value is -12.2. The third-order valence-electron chi connectivity index (χ3n) is 30.2. The van der Waals surface area contributed by atoms with Gasteiger partial charge in [-0.1, -0.05) is 37.3 Å². The number of hydrogen-bond donors (Lipinski definition) is 8. The highest BCUT2D eigenvalue weighted by molar-refractivity contribution is 7.23. The molecule has 142 heavy (non-hydrogen) atoms. The lowest BCUT2D eigenvalue weighted by Crippen LogP contribution is -2.36. The second-order valence-electron chi connectivity index (χ2n) is 40.9. The minimum absolute atomic E-state index is 0.143. The summed E-state index contributed by atoms with van der Waals surface area (Å²) < 4.78 is 16.2. The van der Waals surface area contributed by atoms with Crippen molar-refractivity contribution in [2.75, 3.05) is 33.2 Å². The summed E-state index contributed by atoms with van der Waals surface area (Å²) in [5.41, 5.74) is 22.2. The maximum absolute atomic E-state index is 10.2. The summed E-state index contributed by atoms with van der Waals surface area (Å²) in [4.78, 5) is 31.1. The molecule has 5 aliphatic rings. The van der Waals surface area contributed by atoms with Gasteiger partial charge in [0.1, 0.15) is 57.6 Å². The molecule has 25 rings (SSSR count). The second kappa shape index (κ2) is 40.6. The first-order valence-corrected chi connectivity index (χ1v) is 54.5. The minimum Gasteiger partial charge on any atom is -0.393 e. The fourth-order valence-electron chi connectivity index (χ4n) is 20.8. The maximum atomic E-state index is 10.2. The van der Waals surface area contributed by atoms with Crippen LogP contribution in [0.2, 0.25) is 0 Å². The number of benzene rings is 5. The Morgan fingerprint density at radius 2 is 0.683 bits per heavy atom.